The van der Waals surface area contributed by atoms with Crippen LogP contribution in [0.1, 0.15) is 116 Å². The van der Waals surface area contributed by atoms with Gasteiger partial charge < -0.3 is 10.2 Å². The maximum absolute atomic E-state index is 11.3. The minimum atomic E-state index is -0.824. The van der Waals surface area contributed by atoms with Gasteiger partial charge in [0.25, 0.3) is 0 Å². The molecule has 0 aromatic heterocycles. The van der Waals surface area contributed by atoms with Crippen LogP contribution in [0.2, 0.25) is 0 Å². The monoisotopic (exact) mass is 462 g/mol. The second kappa shape index (κ2) is 23.3. The quantitative estimate of drug-likeness (QED) is 0.144. The first-order valence-corrected chi connectivity index (χ1v) is 14.4. The van der Waals surface area contributed by atoms with E-state index >= 15 is 0 Å². The summed E-state index contributed by atoms with van der Waals surface area (Å²) in [5.41, 5.74) is 0. The van der Waals surface area contributed by atoms with Crippen molar-refractivity contribution in [1.29, 1.82) is 0 Å². The van der Waals surface area contributed by atoms with Crippen molar-refractivity contribution >= 4 is 35.5 Å². The van der Waals surface area contributed by atoms with Gasteiger partial charge in [-0.15, -0.1) is 11.8 Å². The maximum atomic E-state index is 11.3. The topological polar surface area (TPSA) is 74.6 Å². The molecule has 0 aliphatic rings. The Balaban J connectivity index is 3.34. The first-order valence-electron chi connectivity index (χ1n) is 12.2. The van der Waals surface area contributed by atoms with Crippen molar-refractivity contribution in [3.05, 3.63) is 0 Å². The lowest BCUT2D eigenvalue weighted by Gasteiger charge is -2.11. The summed E-state index contributed by atoms with van der Waals surface area (Å²) < 4.78 is 0. The van der Waals surface area contributed by atoms with E-state index in [0.717, 1.165) is 12.2 Å². The van der Waals surface area contributed by atoms with Crippen LogP contribution in [-0.4, -0.2) is 44.7 Å². The molecule has 0 bridgehead atoms. The van der Waals surface area contributed by atoms with Crippen LogP contribution in [0.5, 0.6) is 0 Å². The summed E-state index contributed by atoms with van der Waals surface area (Å²) in [5.74, 6) is 0.259. The molecular weight excluding hydrogens is 416 g/mol. The molecule has 0 aromatic carbocycles. The molecule has 178 valence electrons. The van der Waals surface area contributed by atoms with Gasteiger partial charge in [0.15, 0.2) is 0 Å². The van der Waals surface area contributed by atoms with Gasteiger partial charge in [-0.25, -0.2) is 0 Å². The lowest BCUT2D eigenvalue weighted by atomic mass is 10.0. The Bertz CT molecular complexity index is 405. The standard InChI is InChI=1S/C24H46O4S2/c1-2-3-4-5-6-7-8-9-10-11-12-13-14-15-16-17-19-30-22(24(27)28)21-29-20-18-23(25)26/h22H,2-21H2,1H3,(H,25,26)(H,27,28). The number of carboxylic acid groups (broad SMARTS) is 2. The Labute approximate surface area is 193 Å². The Morgan fingerprint density at radius 3 is 1.50 bits per heavy atom. The molecule has 0 saturated heterocycles. The fourth-order valence-corrected chi connectivity index (χ4v) is 5.73. The number of hydrogen-bond donors (Lipinski definition) is 2. The molecule has 6 heteroatoms. The third kappa shape index (κ3) is 22.3. The van der Waals surface area contributed by atoms with Crippen LogP contribution in [0.15, 0.2) is 0 Å². The van der Waals surface area contributed by atoms with Crippen molar-refractivity contribution in [3.8, 4) is 0 Å². The molecular formula is C24H46O4S2. The highest BCUT2D eigenvalue weighted by molar-refractivity contribution is 8.03. The average Bonchev–Trinajstić information content (AvgIpc) is 2.71. The maximum Gasteiger partial charge on any atom is 0.317 e. The van der Waals surface area contributed by atoms with Gasteiger partial charge in [-0.3, -0.25) is 9.59 Å². The van der Waals surface area contributed by atoms with Gasteiger partial charge in [0.2, 0.25) is 0 Å². The molecule has 0 radical (unpaired) electrons. The zero-order chi connectivity index (χ0) is 22.3. The molecule has 1 unspecified atom stereocenters. The summed E-state index contributed by atoms with van der Waals surface area (Å²) in [5, 5.41) is 17.5. The number of aliphatic carboxylic acids is 2. The number of unbranched alkanes of at least 4 members (excludes halogenated alkanes) is 15. The molecule has 2 N–H and O–H groups in total. The van der Waals surface area contributed by atoms with Crippen LogP contribution in [-0.2, 0) is 9.59 Å². The second-order valence-electron chi connectivity index (χ2n) is 8.22. The molecule has 0 heterocycles. The van der Waals surface area contributed by atoms with Crippen molar-refractivity contribution < 1.29 is 19.8 Å². The van der Waals surface area contributed by atoms with Crippen LogP contribution < -0.4 is 0 Å². The first kappa shape index (κ1) is 29.6. The molecule has 4 nitrogen and oxygen atoms in total. The average molecular weight is 463 g/mol. The summed E-state index contributed by atoms with van der Waals surface area (Å²) in [7, 11) is 0. The first-order chi connectivity index (χ1) is 14.6. The molecule has 0 rings (SSSR count). The SMILES string of the molecule is CCCCCCCCCCCCCCCCCCSC(CSCCC(=O)O)C(=O)O. The fourth-order valence-electron chi connectivity index (χ4n) is 3.42. The van der Waals surface area contributed by atoms with E-state index in [0.29, 0.717) is 11.5 Å². The van der Waals surface area contributed by atoms with E-state index < -0.39 is 17.2 Å². The largest absolute Gasteiger partial charge is 0.481 e. The smallest absolute Gasteiger partial charge is 0.317 e. The van der Waals surface area contributed by atoms with Crippen molar-refractivity contribution in [2.75, 3.05) is 17.3 Å². The van der Waals surface area contributed by atoms with E-state index in [1.807, 2.05) is 0 Å². The summed E-state index contributed by atoms with van der Waals surface area (Å²) >= 11 is 2.93. The third-order valence-corrected chi connectivity index (χ3v) is 7.89. The van der Waals surface area contributed by atoms with E-state index in [1.165, 1.54) is 120 Å². The lowest BCUT2D eigenvalue weighted by Crippen LogP contribution is -2.20. The molecule has 0 spiro atoms. The summed E-state index contributed by atoms with van der Waals surface area (Å²) in [6, 6.07) is 0. The summed E-state index contributed by atoms with van der Waals surface area (Å²) in [6.45, 7) is 2.27. The van der Waals surface area contributed by atoms with Crippen molar-refractivity contribution in [2.45, 2.75) is 121 Å². The lowest BCUT2D eigenvalue weighted by molar-refractivity contribution is -0.137. The molecule has 0 aromatic rings. The highest BCUT2D eigenvalue weighted by Crippen LogP contribution is 2.20. The predicted molar refractivity (Wildman–Crippen MR) is 133 cm³/mol. The highest BCUT2D eigenvalue weighted by Gasteiger charge is 2.17. The number of thioether (sulfide) groups is 2. The second-order valence-corrected chi connectivity index (χ2v) is 10.7. The van der Waals surface area contributed by atoms with Crippen molar-refractivity contribution in [3.63, 3.8) is 0 Å². The van der Waals surface area contributed by atoms with E-state index in [-0.39, 0.29) is 6.42 Å². The van der Waals surface area contributed by atoms with Gasteiger partial charge in [-0.2, -0.15) is 11.8 Å². The Morgan fingerprint density at radius 1 is 0.667 bits per heavy atom. The number of carbonyl (C=O) groups is 2. The van der Waals surface area contributed by atoms with E-state index in [2.05, 4.69) is 6.92 Å². The van der Waals surface area contributed by atoms with Crippen LogP contribution in [0.3, 0.4) is 0 Å². The van der Waals surface area contributed by atoms with Gasteiger partial charge in [-0.1, -0.05) is 103 Å². The normalized spacial score (nSPS) is 12.2. The minimum absolute atomic E-state index is 0.0980. The number of carboxylic acids is 2. The predicted octanol–water partition coefficient (Wildman–Crippen LogP) is 7.64. The number of rotatable bonds is 24. The van der Waals surface area contributed by atoms with E-state index in [4.69, 9.17) is 5.11 Å². The molecule has 1 atom stereocenters. The van der Waals surface area contributed by atoms with Crippen LogP contribution in [0, 0.1) is 0 Å². The van der Waals surface area contributed by atoms with Crippen LogP contribution in [0.4, 0.5) is 0 Å². The highest BCUT2D eigenvalue weighted by atomic mass is 32.2. The zero-order valence-electron chi connectivity index (χ0n) is 19.2. The van der Waals surface area contributed by atoms with Crippen molar-refractivity contribution in [1.82, 2.24) is 0 Å². The van der Waals surface area contributed by atoms with Gasteiger partial charge in [0.1, 0.15) is 5.25 Å². The Hall–Kier alpha value is -0.360. The Kier molecular flexibility index (Phi) is 23.0. The van der Waals surface area contributed by atoms with Crippen LogP contribution >= 0.6 is 23.5 Å². The molecule has 0 saturated carbocycles. The summed E-state index contributed by atoms with van der Waals surface area (Å²) in [6.07, 6.45) is 21.6. The van der Waals surface area contributed by atoms with Crippen molar-refractivity contribution in [2.24, 2.45) is 0 Å². The zero-order valence-corrected chi connectivity index (χ0v) is 20.9. The molecule has 30 heavy (non-hydrogen) atoms. The molecule has 0 aliphatic heterocycles. The van der Waals surface area contributed by atoms with Gasteiger partial charge in [0.05, 0.1) is 6.42 Å². The summed E-state index contributed by atoms with van der Waals surface area (Å²) in [4.78, 5) is 21.8. The molecule has 0 fully saturated rings. The Morgan fingerprint density at radius 2 is 1.10 bits per heavy atom. The minimum Gasteiger partial charge on any atom is -0.481 e. The van der Waals surface area contributed by atoms with Crippen LogP contribution in [0.25, 0.3) is 0 Å². The van der Waals surface area contributed by atoms with E-state index in [1.54, 1.807) is 0 Å². The van der Waals surface area contributed by atoms with Gasteiger partial charge >= 0.3 is 11.9 Å². The van der Waals surface area contributed by atoms with Gasteiger partial charge in [-0.05, 0) is 12.2 Å². The third-order valence-electron chi connectivity index (χ3n) is 5.32. The van der Waals surface area contributed by atoms with Gasteiger partial charge in [0, 0.05) is 11.5 Å². The molecule has 0 amide bonds. The number of hydrogen-bond acceptors (Lipinski definition) is 4. The van der Waals surface area contributed by atoms with E-state index in [9.17, 15) is 14.7 Å². The molecule has 0 aliphatic carbocycles. The fraction of sp³-hybridized carbons (Fsp3) is 0.917.